The van der Waals surface area contributed by atoms with Crippen LogP contribution in [0.4, 0.5) is 0 Å². The summed E-state index contributed by atoms with van der Waals surface area (Å²) >= 11 is 0. The van der Waals surface area contributed by atoms with Crippen LogP contribution in [0, 0.1) is 11.8 Å². The first-order chi connectivity index (χ1) is 48.9. The molecule has 0 aromatic carbocycles. The third-order valence-electron chi connectivity index (χ3n) is 19.2. The monoisotopic (exact) mass is 1480 g/mol. The molecular formula is C82H160O17P2. The first-order valence-electron chi connectivity index (χ1n) is 42.5. The van der Waals surface area contributed by atoms with Gasteiger partial charge in [-0.3, -0.25) is 37.3 Å². The van der Waals surface area contributed by atoms with Crippen molar-refractivity contribution in [3.05, 3.63) is 0 Å². The second-order valence-electron chi connectivity index (χ2n) is 30.5. The summed E-state index contributed by atoms with van der Waals surface area (Å²) in [5.41, 5.74) is 0. The van der Waals surface area contributed by atoms with Crippen molar-refractivity contribution < 1.29 is 80.2 Å². The van der Waals surface area contributed by atoms with Gasteiger partial charge in [-0.05, 0) is 37.5 Å². The zero-order valence-electron chi connectivity index (χ0n) is 66.2. The summed E-state index contributed by atoms with van der Waals surface area (Å²) in [7, 11) is -9.91. The molecular weight excluding hydrogens is 1320 g/mol. The number of esters is 4. The second-order valence-corrected chi connectivity index (χ2v) is 33.4. The van der Waals surface area contributed by atoms with Crippen LogP contribution in [-0.2, 0) is 65.4 Å². The summed E-state index contributed by atoms with van der Waals surface area (Å²) in [6.07, 6.45) is 64.1. The Kier molecular flexibility index (Phi) is 72.2. The van der Waals surface area contributed by atoms with Crippen molar-refractivity contribution in [2.24, 2.45) is 11.8 Å². The number of phosphoric acid groups is 2. The van der Waals surface area contributed by atoms with E-state index in [4.69, 9.17) is 37.0 Å². The molecule has 17 nitrogen and oxygen atoms in total. The van der Waals surface area contributed by atoms with Crippen molar-refractivity contribution in [1.82, 2.24) is 0 Å². The second kappa shape index (κ2) is 73.6. The minimum absolute atomic E-state index is 0.106. The molecule has 0 fully saturated rings. The first-order valence-corrected chi connectivity index (χ1v) is 45.5. The number of rotatable bonds is 81. The molecule has 0 amide bonds. The van der Waals surface area contributed by atoms with E-state index < -0.39 is 97.5 Å². The maximum atomic E-state index is 13.1. The Morgan fingerprint density at radius 1 is 0.267 bits per heavy atom. The fourth-order valence-corrected chi connectivity index (χ4v) is 14.3. The lowest BCUT2D eigenvalue weighted by molar-refractivity contribution is -0.161. The van der Waals surface area contributed by atoms with Crippen LogP contribution in [0.1, 0.15) is 433 Å². The molecule has 0 saturated heterocycles. The molecule has 2 unspecified atom stereocenters. The number of ether oxygens (including phenoxy) is 4. The number of aliphatic hydroxyl groups is 1. The fraction of sp³-hybridized carbons (Fsp3) is 0.951. The van der Waals surface area contributed by atoms with E-state index in [9.17, 15) is 43.2 Å². The van der Waals surface area contributed by atoms with E-state index in [2.05, 4.69) is 41.5 Å². The van der Waals surface area contributed by atoms with Crippen LogP contribution >= 0.6 is 15.6 Å². The zero-order chi connectivity index (χ0) is 74.2. The molecule has 600 valence electrons. The van der Waals surface area contributed by atoms with Gasteiger partial charge in [0, 0.05) is 25.7 Å². The van der Waals surface area contributed by atoms with Gasteiger partial charge in [0.15, 0.2) is 12.2 Å². The Bertz CT molecular complexity index is 1940. The third-order valence-corrected chi connectivity index (χ3v) is 21.1. The number of carbonyl (C=O) groups excluding carboxylic acids is 4. The Labute approximate surface area is 619 Å². The number of unbranched alkanes of at least 4 members (excludes halogenated alkanes) is 51. The summed E-state index contributed by atoms with van der Waals surface area (Å²) in [6.45, 7) is 9.63. The Morgan fingerprint density at radius 3 is 0.673 bits per heavy atom. The van der Waals surface area contributed by atoms with E-state index in [1.54, 1.807) is 0 Å². The molecule has 19 heteroatoms. The molecule has 0 radical (unpaired) electrons. The molecule has 0 aliphatic rings. The molecule has 0 aromatic rings. The van der Waals surface area contributed by atoms with Gasteiger partial charge in [-0.25, -0.2) is 9.13 Å². The van der Waals surface area contributed by atoms with Crippen molar-refractivity contribution >= 4 is 39.5 Å². The van der Waals surface area contributed by atoms with Crippen molar-refractivity contribution in [3.63, 3.8) is 0 Å². The smallest absolute Gasteiger partial charge is 0.462 e. The molecule has 3 N–H and O–H groups in total. The maximum Gasteiger partial charge on any atom is 0.472 e. The summed E-state index contributed by atoms with van der Waals surface area (Å²) in [4.78, 5) is 72.9. The molecule has 0 rings (SSSR count). The van der Waals surface area contributed by atoms with Crippen LogP contribution in [0.3, 0.4) is 0 Å². The zero-order valence-corrected chi connectivity index (χ0v) is 68.0. The van der Waals surface area contributed by atoms with E-state index in [1.165, 1.54) is 238 Å². The van der Waals surface area contributed by atoms with E-state index >= 15 is 0 Å². The standard InChI is InChI=1S/C82H160O17P2/c1-7-9-11-13-15-16-17-18-19-20-21-22-23-24-29-32-37-42-48-54-60-66-81(86)99-78(71-93-80(85)65-59-53-47-41-36-31-28-26-25-27-30-34-39-45-50-56-62-74(3)4)73-97-101(90,91)95-69-76(83)68-94-100(88,89)96-72-77(70-92-79(84)64-58-52-44-14-12-10-8-2)98-82(87)67-61-55-49-43-38-33-35-40-46-51-57-63-75(5)6/h74-78,83H,7-73H2,1-6H3,(H,88,89)(H,90,91)/t76-,77+,78+/m0/s1. The fourth-order valence-electron chi connectivity index (χ4n) is 12.7. The average Bonchev–Trinajstić information content (AvgIpc) is 0.935. The maximum absolute atomic E-state index is 13.1. The number of aliphatic hydroxyl groups excluding tert-OH is 1. The van der Waals surface area contributed by atoms with Crippen LogP contribution in [0.2, 0.25) is 0 Å². The van der Waals surface area contributed by atoms with Crippen LogP contribution in [0.25, 0.3) is 0 Å². The molecule has 5 atom stereocenters. The lowest BCUT2D eigenvalue weighted by atomic mass is 10.0. The average molecular weight is 1480 g/mol. The molecule has 0 aliphatic heterocycles. The van der Waals surface area contributed by atoms with Crippen molar-refractivity contribution in [1.29, 1.82) is 0 Å². The predicted octanol–water partition coefficient (Wildman–Crippen LogP) is 24.7. The lowest BCUT2D eigenvalue weighted by Gasteiger charge is -2.21. The van der Waals surface area contributed by atoms with Crippen LogP contribution in [0.15, 0.2) is 0 Å². The van der Waals surface area contributed by atoms with Gasteiger partial charge in [0.2, 0.25) is 0 Å². The molecule has 0 spiro atoms. The van der Waals surface area contributed by atoms with E-state index in [0.717, 1.165) is 115 Å². The van der Waals surface area contributed by atoms with Gasteiger partial charge in [0.25, 0.3) is 0 Å². The van der Waals surface area contributed by atoms with Crippen LogP contribution in [-0.4, -0.2) is 96.7 Å². The summed E-state index contributed by atoms with van der Waals surface area (Å²) < 4.78 is 68.6. The van der Waals surface area contributed by atoms with Crippen molar-refractivity contribution in [3.8, 4) is 0 Å². The number of carbonyl (C=O) groups is 4. The van der Waals surface area contributed by atoms with E-state index in [-0.39, 0.29) is 25.7 Å². The molecule has 0 aliphatic carbocycles. The van der Waals surface area contributed by atoms with Crippen molar-refractivity contribution in [2.75, 3.05) is 39.6 Å². The Morgan fingerprint density at radius 2 is 0.455 bits per heavy atom. The van der Waals surface area contributed by atoms with Gasteiger partial charge < -0.3 is 33.8 Å². The summed E-state index contributed by atoms with van der Waals surface area (Å²) in [6, 6.07) is 0. The summed E-state index contributed by atoms with van der Waals surface area (Å²) in [5, 5.41) is 10.6. The van der Waals surface area contributed by atoms with Gasteiger partial charge in [0.05, 0.1) is 26.4 Å². The highest BCUT2D eigenvalue weighted by molar-refractivity contribution is 7.47. The van der Waals surface area contributed by atoms with Crippen molar-refractivity contribution in [2.45, 2.75) is 452 Å². The minimum Gasteiger partial charge on any atom is -0.462 e. The van der Waals surface area contributed by atoms with Gasteiger partial charge in [-0.2, -0.15) is 0 Å². The number of hydrogen-bond acceptors (Lipinski definition) is 15. The van der Waals surface area contributed by atoms with Gasteiger partial charge in [-0.15, -0.1) is 0 Å². The van der Waals surface area contributed by atoms with Gasteiger partial charge in [-0.1, -0.05) is 382 Å². The molecule has 0 bridgehead atoms. The minimum atomic E-state index is -4.96. The predicted molar refractivity (Wildman–Crippen MR) is 414 cm³/mol. The van der Waals surface area contributed by atoms with Crippen LogP contribution in [0.5, 0.6) is 0 Å². The Balaban J connectivity index is 5.17. The highest BCUT2D eigenvalue weighted by Gasteiger charge is 2.30. The molecule has 0 heterocycles. The number of hydrogen-bond donors (Lipinski definition) is 3. The molecule has 0 aromatic heterocycles. The summed E-state index contributed by atoms with van der Waals surface area (Å²) in [5.74, 6) is -0.535. The SMILES string of the molecule is CCCCCCCCCCCCCCCCCCCCCCCC(=O)O[C@H](COC(=O)CCCCCCCCCCCCCCCCCCC(C)C)COP(=O)(O)OC[C@@H](O)COP(=O)(O)OC[C@@H](COC(=O)CCCCCCCCC)OC(=O)CCCCCCCCCCCCCC(C)C. The third kappa shape index (κ3) is 76.1. The Hall–Kier alpha value is -1.94. The molecule has 0 saturated carbocycles. The largest absolute Gasteiger partial charge is 0.472 e. The first kappa shape index (κ1) is 99.1. The quantitative estimate of drug-likeness (QED) is 0.0222. The topological polar surface area (TPSA) is 237 Å². The van der Waals surface area contributed by atoms with Crippen LogP contribution < -0.4 is 0 Å². The van der Waals surface area contributed by atoms with Gasteiger partial charge in [0.1, 0.15) is 19.3 Å². The molecule has 101 heavy (non-hydrogen) atoms. The van der Waals surface area contributed by atoms with E-state index in [0.29, 0.717) is 25.7 Å². The van der Waals surface area contributed by atoms with Gasteiger partial charge >= 0.3 is 39.5 Å². The lowest BCUT2D eigenvalue weighted by Crippen LogP contribution is -2.30. The number of phosphoric ester groups is 2. The normalized spacial score (nSPS) is 13.9. The highest BCUT2D eigenvalue weighted by Crippen LogP contribution is 2.45. The highest BCUT2D eigenvalue weighted by atomic mass is 31.2. The van der Waals surface area contributed by atoms with E-state index in [1.807, 2.05) is 0 Å².